The minimum atomic E-state index is -3.08. The number of halogens is 4. The summed E-state index contributed by atoms with van der Waals surface area (Å²) in [4.78, 5) is 52.4. The molecule has 53 heavy (non-hydrogen) atoms. The molecule has 1 aliphatic carbocycles. The number of morpholine rings is 1. The van der Waals surface area contributed by atoms with Crippen molar-refractivity contribution in [3.8, 4) is 28.3 Å². The molecule has 0 saturated carbocycles. The predicted molar refractivity (Wildman–Crippen MR) is 194 cm³/mol. The molecule has 2 N–H and O–H groups in total. The minimum absolute atomic E-state index is 0.0703. The van der Waals surface area contributed by atoms with Gasteiger partial charge in [-0.2, -0.15) is 0 Å². The Balaban J connectivity index is 1.13. The zero-order chi connectivity index (χ0) is 37.3. The number of carbonyl (C=O) groups is 1. The van der Waals surface area contributed by atoms with Gasteiger partial charge in [0.1, 0.15) is 23.4 Å². The number of ether oxygens (including phenoxy) is 2. The van der Waals surface area contributed by atoms with E-state index >= 15 is 0 Å². The van der Waals surface area contributed by atoms with Gasteiger partial charge in [0.2, 0.25) is 11.8 Å². The highest BCUT2D eigenvalue weighted by Crippen LogP contribution is 2.48. The molecule has 1 atom stereocenters. The van der Waals surface area contributed by atoms with Crippen LogP contribution in [0.15, 0.2) is 52.1 Å². The van der Waals surface area contributed by atoms with Crippen LogP contribution in [-0.2, 0) is 30.0 Å². The molecule has 2 fully saturated rings. The molecule has 2 aromatic carbocycles. The topological polar surface area (TPSA) is 146 Å². The SMILES string of the molecule is COc1nc(-c2cccc(-c3cccc(Nc4nc(C(F)F)nc5c4c(=O)n(C)c(=O)n5C)c3Cl)c2Cl)cc2c1C(N1CC3(CNC(=O)CO3)C1)CC2. The van der Waals surface area contributed by atoms with Crippen LogP contribution in [0.25, 0.3) is 33.4 Å². The number of carbonyl (C=O) groups excluding carboxylic acids is 1. The monoisotopic (exact) mass is 764 g/mol. The van der Waals surface area contributed by atoms with Crippen LogP contribution in [0.3, 0.4) is 0 Å². The summed E-state index contributed by atoms with van der Waals surface area (Å²) < 4.78 is 41.4. The smallest absolute Gasteiger partial charge is 0.332 e. The molecule has 274 valence electrons. The van der Waals surface area contributed by atoms with E-state index in [1.54, 1.807) is 31.4 Å². The number of aryl methyl sites for hydroxylation is 2. The van der Waals surface area contributed by atoms with Gasteiger partial charge in [0.25, 0.3) is 12.0 Å². The number of benzene rings is 2. The maximum Gasteiger partial charge on any atom is 0.332 e. The molecule has 13 nitrogen and oxygen atoms in total. The summed E-state index contributed by atoms with van der Waals surface area (Å²) in [6, 6.07) is 12.7. The van der Waals surface area contributed by atoms with Gasteiger partial charge in [0.15, 0.2) is 11.5 Å². The van der Waals surface area contributed by atoms with Gasteiger partial charge in [-0.3, -0.25) is 23.6 Å². The number of pyridine rings is 1. The van der Waals surface area contributed by atoms with E-state index in [9.17, 15) is 23.2 Å². The third-order valence-electron chi connectivity index (χ3n) is 10.2. The van der Waals surface area contributed by atoms with E-state index in [1.165, 1.54) is 14.1 Å². The first-order chi connectivity index (χ1) is 25.4. The maximum atomic E-state index is 13.9. The molecular formula is C36H32Cl2F2N8O5. The number of fused-ring (bicyclic) bond motifs is 2. The van der Waals surface area contributed by atoms with Crippen molar-refractivity contribution >= 4 is 51.6 Å². The molecule has 2 saturated heterocycles. The predicted octanol–water partition coefficient (Wildman–Crippen LogP) is 4.94. The number of rotatable bonds is 7. The van der Waals surface area contributed by atoms with Crippen molar-refractivity contribution in [2.45, 2.75) is 30.9 Å². The quantitative estimate of drug-likeness (QED) is 0.234. The van der Waals surface area contributed by atoms with Gasteiger partial charge in [-0.15, -0.1) is 0 Å². The highest BCUT2D eigenvalue weighted by Gasteiger charge is 2.50. The first kappa shape index (κ1) is 35.1. The van der Waals surface area contributed by atoms with Crippen molar-refractivity contribution in [2.75, 3.05) is 38.7 Å². The van der Waals surface area contributed by atoms with Gasteiger partial charge in [0, 0.05) is 62.0 Å². The van der Waals surface area contributed by atoms with E-state index in [1.807, 2.05) is 18.2 Å². The summed E-state index contributed by atoms with van der Waals surface area (Å²) >= 11 is 14.1. The van der Waals surface area contributed by atoms with Crippen LogP contribution in [0.1, 0.15) is 35.8 Å². The Morgan fingerprint density at radius 3 is 2.42 bits per heavy atom. The highest BCUT2D eigenvalue weighted by molar-refractivity contribution is 6.39. The first-order valence-electron chi connectivity index (χ1n) is 16.7. The molecule has 8 rings (SSSR count). The van der Waals surface area contributed by atoms with Gasteiger partial charge in [-0.25, -0.2) is 28.5 Å². The molecule has 5 heterocycles. The lowest BCUT2D eigenvalue weighted by Crippen LogP contribution is -2.70. The fourth-order valence-electron chi connectivity index (χ4n) is 7.50. The molecule has 3 aromatic heterocycles. The van der Waals surface area contributed by atoms with Gasteiger partial charge in [0.05, 0.1) is 28.5 Å². The number of amides is 1. The second kappa shape index (κ2) is 13.2. The van der Waals surface area contributed by atoms with Crippen molar-refractivity contribution in [1.29, 1.82) is 0 Å². The zero-order valence-electron chi connectivity index (χ0n) is 28.7. The Hall–Kier alpha value is -4.96. The third-order valence-corrected chi connectivity index (χ3v) is 11.0. The van der Waals surface area contributed by atoms with Crippen LogP contribution in [0.2, 0.25) is 10.0 Å². The molecular weight excluding hydrogens is 733 g/mol. The van der Waals surface area contributed by atoms with Gasteiger partial charge >= 0.3 is 5.69 Å². The van der Waals surface area contributed by atoms with E-state index in [0.29, 0.717) is 52.9 Å². The maximum absolute atomic E-state index is 13.9. The fraction of sp³-hybridized carbons (Fsp3) is 0.333. The van der Waals surface area contributed by atoms with Crippen LogP contribution in [0.5, 0.6) is 5.88 Å². The second-order valence-corrected chi connectivity index (χ2v) is 14.1. The fourth-order valence-corrected chi connectivity index (χ4v) is 8.10. The summed E-state index contributed by atoms with van der Waals surface area (Å²) in [5, 5.41) is 6.23. The number of aromatic nitrogens is 5. The number of hydrogen-bond donors (Lipinski definition) is 2. The van der Waals surface area contributed by atoms with Gasteiger partial charge in [-0.1, -0.05) is 53.5 Å². The summed E-state index contributed by atoms with van der Waals surface area (Å²) in [6.07, 6.45) is -1.39. The van der Waals surface area contributed by atoms with E-state index in [2.05, 4.69) is 25.5 Å². The van der Waals surface area contributed by atoms with Crippen LogP contribution in [0.4, 0.5) is 20.3 Å². The molecule has 1 unspecified atom stereocenters. The van der Waals surface area contributed by atoms with Crippen molar-refractivity contribution in [2.24, 2.45) is 14.1 Å². The van der Waals surface area contributed by atoms with Crippen molar-refractivity contribution in [1.82, 2.24) is 34.3 Å². The second-order valence-electron chi connectivity index (χ2n) is 13.4. The van der Waals surface area contributed by atoms with Gasteiger partial charge < -0.3 is 20.1 Å². The van der Waals surface area contributed by atoms with Crippen molar-refractivity contribution in [3.05, 3.63) is 90.3 Å². The summed E-state index contributed by atoms with van der Waals surface area (Å²) in [7, 11) is 4.20. The minimum Gasteiger partial charge on any atom is -0.481 e. The lowest BCUT2D eigenvalue weighted by atomic mass is 9.89. The van der Waals surface area contributed by atoms with Crippen molar-refractivity contribution < 1.29 is 23.0 Å². The Morgan fingerprint density at radius 1 is 1.00 bits per heavy atom. The first-order valence-corrected chi connectivity index (χ1v) is 17.5. The number of methoxy groups -OCH3 is 1. The van der Waals surface area contributed by atoms with Crippen LogP contribution in [-0.4, -0.2) is 73.8 Å². The molecule has 2 aliphatic heterocycles. The zero-order valence-corrected chi connectivity index (χ0v) is 30.2. The van der Waals surface area contributed by atoms with Crippen LogP contribution < -0.4 is 26.6 Å². The molecule has 1 amide bonds. The number of anilines is 2. The number of hydrogen-bond acceptors (Lipinski definition) is 10. The standard InChI is InChI=1S/C36H32Cl2F2N8O5/c1-46-32-26(34(50)47(2)35(46)51)30(44-31(45-32)29(39)40)42-21-9-5-7-19(28(21)38)18-6-4-8-20(27(18)37)22-12-17-10-11-23(25(17)33(43-22)52-3)48-15-36(16-48)14-41-24(49)13-53-36/h4-9,12,23,29H,10-11,13-16H2,1-3H3,(H,41,49)(H,42,44,45). The van der Waals surface area contributed by atoms with Crippen LogP contribution >= 0.6 is 23.2 Å². The molecule has 0 radical (unpaired) electrons. The highest BCUT2D eigenvalue weighted by atomic mass is 35.5. The van der Waals surface area contributed by atoms with Crippen molar-refractivity contribution in [3.63, 3.8) is 0 Å². The Morgan fingerprint density at radius 2 is 1.72 bits per heavy atom. The van der Waals surface area contributed by atoms with Gasteiger partial charge in [-0.05, 0) is 30.5 Å². The van der Waals surface area contributed by atoms with E-state index < -0.39 is 23.5 Å². The summed E-state index contributed by atoms with van der Waals surface area (Å²) in [5.41, 5.74) is 2.61. The molecule has 0 bridgehead atoms. The lowest BCUT2D eigenvalue weighted by Gasteiger charge is -2.53. The number of likely N-dealkylation sites (tertiary alicyclic amines) is 1. The lowest BCUT2D eigenvalue weighted by molar-refractivity contribution is -0.179. The molecule has 17 heteroatoms. The average Bonchev–Trinajstić information content (AvgIpc) is 3.56. The Kier molecular flexibility index (Phi) is 8.71. The van der Waals surface area contributed by atoms with Crippen LogP contribution in [0, 0.1) is 0 Å². The Bertz CT molecular complexity index is 2460. The molecule has 3 aliphatic rings. The number of alkyl halides is 2. The summed E-state index contributed by atoms with van der Waals surface area (Å²) in [5.74, 6) is -0.692. The largest absolute Gasteiger partial charge is 0.481 e. The average molecular weight is 766 g/mol. The molecule has 5 aromatic rings. The molecule has 1 spiro atoms. The third kappa shape index (κ3) is 5.82. The van der Waals surface area contributed by atoms with E-state index in [0.717, 1.165) is 33.1 Å². The summed E-state index contributed by atoms with van der Waals surface area (Å²) in [6.45, 7) is 1.96. The Labute approximate surface area is 310 Å². The van der Waals surface area contributed by atoms with E-state index in [4.69, 9.17) is 37.7 Å². The van der Waals surface area contributed by atoms with E-state index in [-0.39, 0.29) is 51.7 Å². The normalized spacial score (nSPS) is 18.0. The number of nitrogens with one attached hydrogen (secondary N) is 2. The number of nitrogens with zero attached hydrogens (tertiary/aromatic N) is 6.